The van der Waals surface area contributed by atoms with Gasteiger partial charge in [0.15, 0.2) is 0 Å². The molecule has 0 unspecified atom stereocenters. The molecule has 8 nitrogen and oxygen atoms in total. The van der Waals surface area contributed by atoms with Crippen LogP contribution in [-0.4, -0.2) is 51.0 Å². The van der Waals surface area contributed by atoms with Gasteiger partial charge in [-0.05, 0) is 12.1 Å². The van der Waals surface area contributed by atoms with Crippen LogP contribution in [0.5, 0.6) is 0 Å². The molecule has 0 aromatic heterocycles. The van der Waals surface area contributed by atoms with Gasteiger partial charge in [-0.1, -0.05) is 13.8 Å². The van der Waals surface area contributed by atoms with Gasteiger partial charge in [0, 0.05) is 32.8 Å². The van der Waals surface area contributed by atoms with Crippen LogP contribution < -0.4 is 5.32 Å². The lowest BCUT2D eigenvalue weighted by molar-refractivity contribution is -0.384. The third-order valence-electron chi connectivity index (χ3n) is 3.13. The Morgan fingerprint density at radius 1 is 1.32 bits per heavy atom. The number of nitro benzene ring substituents is 1. The molecule has 0 aliphatic heterocycles. The number of nitrogens with zero attached hydrogens (tertiary/aromatic N) is 2. The maximum absolute atomic E-state index is 12.4. The van der Waals surface area contributed by atoms with Gasteiger partial charge in [-0.25, -0.2) is 8.42 Å². The molecule has 1 rings (SSSR count). The second kappa shape index (κ2) is 8.06. The van der Waals surface area contributed by atoms with Gasteiger partial charge < -0.3 is 10.1 Å². The Hall–Kier alpha value is -1.71. The number of nitrogens with one attached hydrogen (secondary N) is 1. The first-order valence-electron chi connectivity index (χ1n) is 6.89. The first kappa shape index (κ1) is 18.3. The lowest BCUT2D eigenvalue weighted by atomic mass is 10.2. The largest absolute Gasteiger partial charge is 0.383 e. The molecule has 0 bridgehead atoms. The van der Waals surface area contributed by atoms with Crippen LogP contribution in [0.25, 0.3) is 0 Å². The molecule has 0 saturated carbocycles. The third-order valence-corrected chi connectivity index (χ3v) is 5.18. The van der Waals surface area contributed by atoms with Crippen molar-refractivity contribution in [1.29, 1.82) is 0 Å². The van der Waals surface area contributed by atoms with E-state index in [1.165, 1.54) is 23.5 Å². The zero-order chi connectivity index (χ0) is 16.8. The van der Waals surface area contributed by atoms with E-state index >= 15 is 0 Å². The molecular weight excluding hydrogens is 310 g/mol. The fourth-order valence-corrected chi connectivity index (χ4v) is 3.45. The Labute approximate surface area is 130 Å². The van der Waals surface area contributed by atoms with Crippen molar-refractivity contribution in [2.24, 2.45) is 0 Å². The molecule has 0 atom stereocenters. The lowest BCUT2D eigenvalue weighted by Crippen LogP contribution is -2.30. The van der Waals surface area contributed by atoms with Crippen LogP contribution >= 0.6 is 0 Å². The van der Waals surface area contributed by atoms with Crippen LogP contribution in [0, 0.1) is 10.1 Å². The fraction of sp³-hybridized carbons (Fsp3) is 0.538. The van der Waals surface area contributed by atoms with E-state index in [0.29, 0.717) is 26.2 Å². The Morgan fingerprint density at radius 2 is 1.95 bits per heavy atom. The molecule has 22 heavy (non-hydrogen) atoms. The van der Waals surface area contributed by atoms with E-state index in [1.54, 1.807) is 13.8 Å². The summed E-state index contributed by atoms with van der Waals surface area (Å²) in [5.74, 6) is 0. The van der Waals surface area contributed by atoms with Gasteiger partial charge in [-0.3, -0.25) is 10.1 Å². The van der Waals surface area contributed by atoms with E-state index in [9.17, 15) is 18.5 Å². The van der Waals surface area contributed by atoms with Gasteiger partial charge in [0.2, 0.25) is 10.0 Å². The summed E-state index contributed by atoms with van der Waals surface area (Å²) >= 11 is 0. The zero-order valence-corrected chi connectivity index (χ0v) is 13.7. The normalized spacial score (nSPS) is 11.6. The van der Waals surface area contributed by atoms with Gasteiger partial charge in [-0.2, -0.15) is 4.31 Å². The van der Waals surface area contributed by atoms with E-state index in [4.69, 9.17) is 4.74 Å². The van der Waals surface area contributed by atoms with Crippen LogP contribution in [0.1, 0.15) is 13.8 Å². The highest BCUT2D eigenvalue weighted by Gasteiger charge is 2.25. The van der Waals surface area contributed by atoms with Crippen molar-refractivity contribution in [3.05, 3.63) is 28.3 Å². The standard InChI is InChI=1S/C13H21N3O5S/c1-4-15(5-2)22(19,20)11-6-7-12(14-8-9-21-3)13(10-11)16(17)18/h6-7,10,14H,4-5,8-9H2,1-3H3. The van der Waals surface area contributed by atoms with E-state index in [0.717, 1.165) is 6.07 Å². The van der Waals surface area contributed by atoms with Crippen molar-refractivity contribution in [1.82, 2.24) is 4.31 Å². The minimum atomic E-state index is -3.72. The quantitative estimate of drug-likeness (QED) is 0.420. The second-order valence-corrected chi connectivity index (χ2v) is 6.38. The van der Waals surface area contributed by atoms with E-state index < -0.39 is 14.9 Å². The monoisotopic (exact) mass is 331 g/mol. The van der Waals surface area contributed by atoms with E-state index in [2.05, 4.69) is 5.32 Å². The molecule has 124 valence electrons. The van der Waals surface area contributed by atoms with Crippen molar-refractivity contribution < 1.29 is 18.1 Å². The number of benzene rings is 1. The molecule has 9 heteroatoms. The molecule has 0 aliphatic rings. The van der Waals surface area contributed by atoms with Gasteiger partial charge >= 0.3 is 0 Å². The second-order valence-electron chi connectivity index (χ2n) is 4.44. The Balaban J connectivity index is 3.20. The summed E-state index contributed by atoms with van der Waals surface area (Å²) in [6.07, 6.45) is 0. The highest BCUT2D eigenvalue weighted by Crippen LogP contribution is 2.28. The number of sulfonamides is 1. The minimum Gasteiger partial charge on any atom is -0.383 e. The van der Waals surface area contributed by atoms with Crippen molar-refractivity contribution in [2.45, 2.75) is 18.7 Å². The number of rotatable bonds is 9. The Kier molecular flexibility index (Phi) is 6.72. The maximum atomic E-state index is 12.4. The number of methoxy groups -OCH3 is 1. The zero-order valence-electron chi connectivity index (χ0n) is 12.9. The van der Waals surface area contributed by atoms with E-state index in [-0.39, 0.29) is 16.3 Å². The molecule has 0 radical (unpaired) electrons. The topological polar surface area (TPSA) is 102 Å². The summed E-state index contributed by atoms with van der Waals surface area (Å²) in [5.41, 5.74) is -0.00937. The predicted molar refractivity (Wildman–Crippen MR) is 83.6 cm³/mol. The smallest absolute Gasteiger partial charge is 0.293 e. The molecular formula is C13H21N3O5S. The highest BCUT2D eigenvalue weighted by atomic mass is 32.2. The number of hydrogen-bond donors (Lipinski definition) is 1. The summed E-state index contributed by atoms with van der Waals surface area (Å²) in [6.45, 7) is 4.82. The van der Waals surface area contributed by atoms with Gasteiger partial charge in [0.1, 0.15) is 5.69 Å². The van der Waals surface area contributed by atoms with Crippen molar-refractivity contribution >= 4 is 21.4 Å². The average molecular weight is 331 g/mol. The molecule has 0 fully saturated rings. The molecule has 0 spiro atoms. The summed E-state index contributed by atoms with van der Waals surface area (Å²) in [7, 11) is -2.20. The molecule has 1 aromatic rings. The minimum absolute atomic E-state index is 0.0832. The molecule has 0 saturated heterocycles. The number of ether oxygens (including phenoxy) is 1. The Bertz CT molecular complexity index is 614. The van der Waals surface area contributed by atoms with Crippen LogP contribution in [0.3, 0.4) is 0 Å². The first-order valence-corrected chi connectivity index (χ1v) is 8.33. The summed E-state index contributed by atoms with van der Waals surface area (Å²) in [4.78, 5) is 10.5. The molecule has 1 aromatic carbocycles. The van der Waals surface area contributed by atoms with Crippen LogP contribution in [0.15, 0.2) is 23.1 Å². The highest BCUT2D eigenvalue weighted by molar-refractivity contribution is 7.89. The van der Waals surface area contributed by atoms with Crippen molar-refractivity contribution in [3.63, 3.8) is 0 Å². The SMILES string of the molecule is CCN(CC)S(=O)(=O)c1ccc(NCCOC)c([N+](=O)[O-])c1. The first-order chi connectivity index (χ1) is 10.4. The summed E-state index contributed by atoms with van der Waals surface area (Å²) in [6, 6.07) is 3.86. The van der Waals surface area contributed by atoms with Gasteiger partial charge in [-0.15, -0.1) is 0 Å². The maximum Gasteiger partial charge on any atom is 0.293 e. The predicted octanol–water partition coefficient (Wildman–Crippen LogP) is 1.68. The number of hydrogen-bond acceptors (Lipinski definition) is 6. The molecule has 0 heterocycles. The van der Waals surface area contributed by atoms with Gasteiger partial charge in [0.05, 0.1) is 16.4 Å². The van der Waals surface area contributed by atoms with Crippen LogP contribution in [-0.2, 0) is 14.8 Å². The number of nitro groups is 1. The van der Waals surface area contributed by atoms with Crippen molar-refractivity contribution in [3.8, 4) is 0 Å². The van der Waals surface area contributed by atoms with E-state index in [1.807, 2.05) is 0 Å². The Morgan fingerprint density at radius 3 is 2.45 bits per heavy atom. The third kappa shape index (κ3) is 4.15. The summed E-state index contributed by atoms with van der Waals surface area (Å²) < 4.78 is 30.9. The van der Waals surface area contributed by atoms with Crippen molar-refractivity contribution in [2.75, 3.05) is 38.7 Å². The lowest BCUT2D eigenvalue weighted by Gasteiger charge is -2.18. The molecule has 1 N–H and O–H groups in total. The van der Waals surface area contributed by atoms with Gasteiger partial charge in [0.25, 0.3) is 5.69 Å². The van der Waals surface area contributed by atoms with Crippen LogP contribution in [0.2, 0.25) is 0 Å². The average Bonchev–Trinajstić information content (AvgIpc) is 2.48. The number of anilines is 1. The fourth-order valence-electron chi connectivity index (χ4n) is 1.97. The van der Waals surface area contributed by atoms with Crippen LogP contribution in [0.4, 0.5) is 11.4 Å². The molecule has 0 aliphatic carbocycles. The molecule has 0 amide bonds. The summed E-state index contributed by atoms with van der Waals surface area (Å²) in [5, 5.41) is 14.0.